The Labute approximate surface area is 98.5 Å². The Bertz CT molecular complexity index is 653. The zero-order chi connectivity index (χ0) is 11.8. The molecule has 3 nitrogen and oxygen atoms in total. The van der Waals surface area contributed by atoms with Crippen molar-refractivity contribution in [1.82, 2.24) is 4.98 Å². The van der Waals surface area contributed by atoms with Crippen molar-refractivity contribution in [2.45, 2.75) is 0 Å². The highest BCUT2D eigenvalue weighted by molar-refractivity contribution is 5.87. The molecule has 0 aliphatic carbocycles. The van der Waals surface area contributed by atoms with Crippen LogP contribution in [0.15, 0.2) is 48.5 Å². The lowest BCUT2D eigenvalue weighted by atomic mass is 10.1. The predicted octanol–water partition coefficient (Wildman–Crippen LogP) is 3.12. The molecule has 0 spiro atoms. The molecule has 1 heterocycles. The zero-order valence-electron chi connectivity index (χ0n) is 9.14. The minimum atomic E-state index is 0.191. The fourth-order valence-electron chi connectivity index (χ4n) is 1.99. The second-order valence-electron chi connectivity index (χ2n) is 4.05. The second kappa shape index (κ2) is 3.56. The van der Waals surface area contributed by atoms with Crippen LogP contribution in [0.2, 0.25) is 0 Å². The average Bonchev–Trinajstić information content (AvgIpc) is 2.72. The molecule has 0 aliphatic rings. The van der Waals surface area contributed by atoms with E-state index in [2.05, 4.69) is 4.98 Å². The van der Waals surface area contributed by atoms with Gasteiger partial charge in [0.15, 0.2) is 0 Å². The number of aromatic nitrogens is 1. The van der Waals surface area contributed by atoms with Crippen LogP contribution in [0.5, 0.6) is 5.75 Å². The summed E-state index contributed by atoms with van der Waals surface area (Å²) in [6.07, 6.45) is 0. The first kappa shape index (κ1) is 9.78. The zero-order valence-corrected chi connectivity index (χ0v) is 9.14. The van der Waals surface area contributed by atoms with Crippen LogP contribution >= 0.6 is 0 Å². The van der Waals surface area contributed by atoms with E-state index in [0.29, 0.717) is 5.69 Å². The van der Waals surface area contributed by atoms with Crippen LogP contribution in [-0.2, 0) is 0 Å². The van der Waals surface area contributed by atoms with Gasteiger partial charge < -0.3 is 15.8 Å². The number of phenols is 1. The number of rotatable bonds is 1. The lowest BCUT2D eigenvalue weighted by Gasteiger charge is -2.02. The molecule has 1 aromatic heterocycles. The molecule has 0 radical (unpaired) electrons. The highest BCUT2D eigenvalue weighted by Gasteiger charge is 2.07. The highest BCUT2D eigenvalue weighted by Crippen LogP contribution is 2.32. The predicted molar refractivity (Wildman–Crippen MR) is 69.8 cm³/mol. The van der Waals surface area contributed by atoms with Gasteiger partial charge in [0.2, 0.25) is 0 Å². The van der Waals surface area contributed by atoms with Crippen LogP contribution in [-0.4, -0.2) is 10.1 Å². The van der Waals surface area contributed by atoms with Crippen LogP contribution in [0, 0.1) is 0 Å². The molecule has 3 aromatic rings. The molecule has 0 unspecified atom stereocenters. The van der Waals surface area contributed by atoms with E-state index >= 15 is 0 Å². The summed E-state index contributed by atoms with van der Waals surface area (Å²) in [6.45, 7) is 0. The lowest BCUT2D eigenvalue weighted by molar-refractivity contribution is 0.477. The second-order valence-corrected chi connectivity index (χ2v) is 4.05. The molecule has 84 valence electrons. The summed E-state index contributed by atoms with van der Waals surface area (Å²) >= 11 is 0. The Kier molecular flexibility index (Phi) is 2.05. The number of H-pyrrole nitrogens is 1. The first-order valence-electron chi connectivity index (χ1n) is 5.41. The van der Waals surface area contributed by atoms with Crippen molar-refractivity contribution >= 4 is 16.6 Å². The number of para-hydroxylation sites is 1. The van der Waals surface area contributed by atoms with Crippen molar-refractivity contribution in [3.8, 4) is 17.0 Å². The number of aromatic amines is 1. The maximum Gasteiger partial charge on any atom is 0.126 e. The van der Waals surface area contributed by atoms with Crippen LogP contribution in [0.1, 0.15) is 0 Å². The molecule has 3 rings (SSSR count). The van der Waals surface area contributed by atoms with E-state index in [4.69, 9.17) is 5.73 Å². The van der Waals surface area contributed by atoms with Gasteiger partial charge in [-0.2, -0.15) is 0 Å². The average molecular weight is 224 g/mol. The summed E-state index contributed by atoms with van der Waals surface area (Å²) < 4.78 is 0. The molecule has 0 saturated heterocycles. The summed E-state index contributed by atoms with van der Waals surface area (Å²) in [5.41, 5.74) is 8.87. The molecule has 0 saturated carbocycles. The van der Waals surface area contributed by atoms with Gasteiger partial charge in [-0.1, -0.05) is 18.2 Å². The quantitative estimate of drug-likeness (QED) is 0.556. The van der Waals surface area contributed by atoms with E-state index < -0.39 is 0 Å². The van der Waals surface area contributed by atoms with Crippen molar-refractivity contribution in [1.29, 1.82) is 0 Å². The van der Waals surface area contributed by atoms with Crippen molar-refractivity contribution < 1.29 is 5.11 Å². The fourth-order valence-corrected chi connectivity index (χ4v) is 1.99. The van der Waals surface area contributed by atoms with Crippen LogP contribution in [0.3, 0.4) is 0 Å². The normalized spacial score (nSPS) is 10.8. The first-order chi connectivity index (χ1) is 8.24. The number of phenolic OH excluding ortho intramolecular Hbond substituents is 1. The molecule has 17 heavy (non-hydrogen) atoms. The number of nitrogen functional groups attached to an aromatic ring is 1. The number of hydrogen-bond donors (Lipinski definition) is 3. The number of fused-ring (bicyclic) bond motifs is 1. The Hall–Kier alpha value is -2.42. The molecule has 3 heteroatoms. The smallest absolute Gasteiger partial charge is 0.126 e. The van der Waals surface area contributed by atoms with Gasteiger partial charge in [0.25, 0.3) is 0 Å². The molecular formula is C14H12N2O. The summed E-state index contributed by atoms with van der Waals surface area (Å²) in [5, 5.41) is 11.0. The molecular weight excluding hydrogens is 212 g/mol. The van der Waals surface area contributed by atoms with Crippen LogP contribution in [0.25, 0.3) is 22.2 Å². The summed E-state index contributed by atoms with van der Waals surface area (Å²) in [5.74, 6) is 0.191. The summed E-state index contributed by atoms with van der Waals surface area (Å²) in [4.78, 5) is 3.27. The van der Waals surface area contributed by atoms with Gasteiger partial charge in [-0.3, -0.25) is 0 Å². The molecule has 0 atom stereocenters. The lowest BCUT2D eigenvalue weighted by Crippen LogP contribution is -1.85. The maximum atomic E-state index is 9.87. The number of nitrogens with one attached hydrogen (secondary N) is 1. The number of hydrogen-bond acceptors (Lipinski definition) is 2. The van der Waals surface area contributed by atoms with Gasteiger partial charge in [-0.15, -0.1) is 0 Å². The van der Waals surface area contributed by atoms with Gasteiger partial charge in [-0.25, -0.2) is 0 Å². The van der Waals surface area contributed by atoms with Gasteiger partial charge in [0, 0.05) is 28.2 Å². The monoisotopic (exact) mass is 224 g/mol. The van der Waals surface area contributed by atoms with E-state index in [9.17, 15) is 5.11 Å². The fraction of sp³-hybridized carbons (Fsp3) is 0. The Morgan fingerprint density at radius 1 is 1.00 bits per heavy atom. The minimum absolute atomic E-state index is 0.191. The number of benzene rings is 2. The van der Waals surface area contributed by atoms with Crippen molar-refractivity contribution in [2.24, 2.45) is 0 Å². The maximum absolute atomic E-state index is 9.87. The molecule has 0 bridgehead atoms. The summed E-state index contributed by atoms with van der Waals surface area (Å²) in [7, 11) is 0. The van der Waals surface area contributed by atoms with Crippen molar-refractivity contribution in [3.63, 3.8) is 0 Å². The van der Waals surface area contributed by atoms with Gasteiger partial charge >= 0.3 is 0 Å². The number of aromatic hydroxyl groups is 1. The standard InChI is InChI=1S/C14H12N2O/c15-10-5-6-11(14(17)8-10)13-7-9-3-1-2-4-12(9)16-13/h1-8,16-17H,15H2. The Morgan fingerprint density at radius 2 is 1.82 bits per heavy atom. The van der Waals surface area contributed by atoms with E-state index in [1.807, 2.05) is 36.4 Å². The van der Waals surface area contributed by atoms with Gasteiger partial charge in [0.05, 0.1) is 5.69 Å². The van der Waals surface area contributed by atoms with E-state index in [1.165, 1.54) is 0 Å². The molecule has 0 aliphatic heterocycles. The molecule has 0 amide bonds. The van der Waals surface area contributed by atoms with Crippen molar-refractivity contribution in [3.05, 3.63) is 48.5 Å². The molecule has 0 fully saturated rings. The first-order valence-corrected chi connectivity index (χ1v) is 5.41. The van der Waals surface area contributed by atoms with Gasteiger partial charge in [0.1, 0.15) is 5.75 Å². The topological polar surface area (TPSA) is 62.0 Å². The molecule has 4 N–H and O–H groups in total. The minimum Gasteiger partial charge on any atom is -0.507 e. The largest absolute Gasteiger partial charge is 0.507 e. The third-order valence-electron chi connectivity index (χ3n) is 2.84. The number of nitrogens with two attached hydrogens (primary N) is 1. The SMILES string of the molecule is Nc1ccc(-c2cc3ccccc3[nH]2)c(O)c1. The van der Waals surface area contributed by atoms with Crippen LogP contribution in [0.4, 0.5) is 5.69 Å². The third kappa shape index (κ3) is 1.61. The van der Waals surface area contributed by atoms with Crippen molar-refractivity contribution in [2.75, 3.05) is 5.73 Å². The van der Waals surface area contributed by atoms with E-state index in [-0.39, 0.29) is 5.75 Å². The van der Waals surface area contributed by atoms with E-state index in [1.54, 1.807) is 12.1 Å². The van der Waals surface area contributed by atoms with Gasteiger partial charge in [-0.05, 0) is 24.3 Å². The van der Waals surface area contributed by atoms with Crippen LogP contribution < -0.4 is 5.73 Å². The van der Waals surface area contributed by atoms with E-state index in [0.717, 1.165) is 22.2 Å². The Morgan fingerprint density at radius 3 is 2.59 bits per heavy atom. The Balaban J connectivity index is 2.20. The summed E-state index contributed by atoms with van der Waals surface area (Å²) in [6, 6.07) is 15.2. The highest BCUT2D eigenvalue weighted by atomic mass is 16.3. The number of anilines is 1. The third-order valence-corrected chi connectivity index (χ3v) is 2.84. The molecule has 2 aromatic carbocycles.